The van der Waals surface area contributed by atoms with E-state index in [1.165, 1.54) is 50.8 Å². The van der Waals surface area contributed by atoms with Gasteiger partial charge in [0.25, 0.3) is 0 Å². The average molecular weight is 419 g/mol. The van der Waals surface area contributed by atoms with E-state index < -0.39 is 0 Å². The lowest BCUT2D eigenvalue weighted by Crippen LogP contribution is -2.39. The molecule has 1 fully saturated rings. The summed E-state index contributed by atoms with van der Waals surface area (Å²) in [6.07, 6.45) is 13.2. The topological polar surface area (TPSA) is 76.4 Å². The van der Waals surface area contributed by atoms with Crippen LogP contribution < -0.4 is 10.6 Å². The standard InChI is InChI=1S/C23H42N6O/c1-3-24-22(26-19-23(13-7-8-14-23)15-18-30-4-2)25-16-10-12-21-28-27-20-11-6-5-9-17-29(20)21/h3-19H2,1-2H3,(H2,24,25,26). The van der Waals surface area contributed by atoms with Gasteiger partial charge in [-0.2, -0.15) is 0 Å². The molecule has 0 atom stereocenters. The molecule has 170 valence electrons. The Bertz CT molecular complexity index is 650. The summed E-state index contributed by atoms with van der Waals surface area (Å²) >= 11 is 0. The van der Waals surface area contributed by atoms with Crippen molar-refractivity contribution in [2.24, 2.45) is 10.4 Å². The van der Waals surface area contributed by atoms with Gasteiger partial charge in [0.05, 0.1) is 0 Å². The SMILES string of the molecule is CCNC(=NCC1(CCOCC)CCCC1)NCCCc1nnc2n1CCCCC2. The first-order valence-electron chi connectivity index (χ1n) is 12.3. The summed E-state index contributed by atoms with van der Waals surface area (Å²) in [4.78, 5) is 4.97. The van der Waals surface area contributed by atoms with Gasteiger partial charge in [-0.05, 0) is 57.8 Å². The second kappa shape index (κ2) is 12.3. The molecule has 0 unspecified atom stereocenters. The molecule has 7 nitrogen and oxygen atoms in total. The fourth-order valence-corrected chi connectivity index (χ4v) is 4.82. The van der Waals surface area contributed by atoms with Crippen LogP contribution in [-0.2, 0) is 24.1 Å². The Labute approximate surface area is 182 Å². The normalized spacial score (nSPS) is 18.8. The third-order valence-electron chi connectivity index (χ3n) is 6.62. The first kappa shape index (κ1) is 23.0. The number of ether oxygens (including phenoxy) is 1. The molecule has 0 spiro atoms. The molecule has 0 amide bonds. The minimum Gasteiger partial charge on any atom is -0.382 e. The summed E-state index contributed by atoms with van der Waals surface area (Å²) in [5.41, 5.74) is 0.330. The van der Waals surface area contributed by atoms with E-state index in [4.69, 9.17) is 9.73 Å². The molecule has 1 saturated carbocycles. The van der Waals surface area contributed by atoms with Crippen LogP contribution in [0.5, 0.6) is 0 Å². The maximum atomic E-state index is 5.64. The summed E-state index contributed by atoms with van der Waals surface area (Å²) < 4.78 is 8.00. The summed E-state index contributed by atoms with van der Waals surface area (Å²) in [5.74, 6) is 3.27. The van der Waals surface area contributed by atoms with E-state index in [1.807, 2.05) is 0 Å². The molecular formula is C23H42N6O. The summed E-state index contributed by atoms with van der Waals surface area (Å²) in [6.45, 7) is 9.63. The van der Waals surface area contributed by atoms with Gasteiger partial charge in [-0.3, -0.25) is 4.99 Å². The van der Waals surface area contributed by atoms with Crippen molar-refractivity contribution >= 4 is 5.96 Å². The number of fused-ring (bicyclic) bond motifs is 1. The van der Waals surface area contributed by atoms with Crippen molar-refractivity contribution in [1.82, 2.24) is 25.4 Å². The van der Waals surface area contributed by atoms with Crippen LogP contribution >= 0.6 is 0 Å². The van der Waals surface area contributed by atoms with Crippen molar-refractivity contribution in [2.75, 3.05) is 32.8 Å². The molecule has 2 heterocycles. The highest BCUT2D eigenvalue weighted by Gasteiger charge is 2.33. The molecule has 1 aromatic rings. The Morgan fingerprint density at radius 2 is 1.97 bits per heavy atom. The Hall–Kier alpha value is -1.63. The summed E-state index contributed by atoms with van der Waals surface area (Å²) in [7, 11) is 0. The number of hydrogen-bond acceptors (Lipinski definition) is 4. The van der Waals surface area contributed by atoms with Crippen LogP contribution in [-0.4, -0.2) is 53.6 Å². The molecule has 2 N–H and O–H groups in total. The third-order valence-corrected chi connectivity index (χ3v) is 6.62. The van der Waals surface area contributed by atoms with Crippen molar-refractivity contribution in [3.63, 3.8) is 0 Å². The molecule has 1 aliphatic heterocycles. The first-order valence-corrected chi connectivity index (χ1v) is 12.3. The lowest BCUT2D eigenvalue weighted by atomic mass is 9.83. The van der Waals surface area contributed by atoms with Crippen LogP contribution in [0, 0.1) is 5.41 Å². The number of aliphatic imine (C=N–C) groups is 1. The minimum atomic E-state index is 0.330. The largest absolute Gasteiger partial charge is 0.382 e. The van der Waals surface area contributed by atoms with Gasteiger partial charge in [0.2, 0.25) is 0 Å². The third kappa shape index (κ3) is 6.69. The second-order valence-corrected chi connectivity index (χ2v) is 8.87. The number of aromatic nitrogens is 3. The van der Waals surface area contributed by atoms with E-state index in [2.05, 4.69) is 39.2 Å². The summed E-state index contributed by atoms with van der Waals surface area (Å²) in [5, 5.41) is 15.8. The molecule has 0 radical (unpaired) electrons. The highest BCUT2D eigenvalue weighted by molar-refractivity contribution is 5.79. The maximum absolute atomic E-state index is 5.64. The maximum Gasteiger partial charge on any atom is 0.191 e. The highest BCUT2D eigenvalue weighted by atomic mass is 16.5. The van der Waals surface area contributed by atoms with Crippen LogP contribution in [0.25, 0.3) is 0 Å². The first-order chi connectivity index (χ1) is 14.8. The number of guanidine groups is 1. The van der Waals surface area contributed by atoms with Crippen molar-refractivity contribution in [3.8, 4) is 0 Å². The molecule has 3 rings (SSSR count). The van der Waals surface area contributed by atoms with Crippen LogP contribution in [0.4, 0.5) is 0 Å². The zero-order chi connectivity index (χ0) is 21.1. The molecule has 2 aliphatic rings. The van der Waals surface area contributed by atoms with Gasteiger partial charge >= 0.3 is 0 Å². The van der Waals surface area contributed by atoms with Gasteiger partial charge in [-0.25, -0.2) is 0 Å². The second-order valence-electron chi connectivity index (χ2n) is 8.87. The van der Waals surface area contributed by atoms with Gasteiger partial charge in [0.1, 0.15) is 11.6 Å². The van der Waals surface area contributed by atoms with Crippen molar-refractivity contribution in [1.29, 1.82) is 0 Å². The zero-order valence-electron chi connectivity index (χ0n) is 19.2. The van der Waals surface area contributed by atoms with Crippen LogP contribution in [0.1, 0.15) is 83.3 Å². The molecule has 30 heavy (non-hydrogen) atoms. The molecule has 0 bridgehead atoms. The minimum absolute atomic E-state index is 0.330. The van der Waals surface area contributed by atoms with E-state index >= 15 is 0 Å². The van der Waals surface area contributed by atoms with E-state index in [0.29, 0.717) is 5.41 Å². The number of hydrogen-bond donors (Lipinski definition) is 2. The van der Waals surface area contributed by atoms with Gasteiger partial charge in [-0.1, -0.05) is 19.3 Å². The smallest absolute Gasteiger partial charge is 0.191 e. The van der Waals surface area contributed by atoms with Crippen molar-refractivity contribution < 1.29 is 4.74 Å². The van der Waals surface area contributed by atoms with Crippen LogP contribution in [0.2, 0.25) is 0 Å². The number of nitrogens with zero attached hydrogens (tertiary/aromatic N) is 4. The lowest BCUT2D eigenvalue weighted by molar-refractivity contribution is 0.107. The monoisotopic (exact) mass is 418 g/mol. The van der Waals surface area contributed by atoms with Crippen molar-refractivity contribution in [3.05, 3.63) is 11.6 Å². The molecule has 7 heteroatoms. The molecule has 1 aliphatic carbocycles. The van der Waals surface area contributed by atoms with E-state index in [1.54, 1.807) is 0 Å². The number of aryl methyl sites for hydroxylation is 2. The lowest BCUT2D eigenvalue weighted by Gasteiger charge is -2.27. The van der Waals surface area contributed by atoms with Crippen LogP contribution in [0.15, 0.2) is 4.99 Å². The Kier molecular flexibility index (Phi) is 9.43. The van der Waals surface area contributed by atoms with Gasteiger partial charge in [-0.15, -0.1) is 10.2 Å². The van der Waals surface area contributed by atoms with Gasteiger partial charge < -0.3 is 19.9 Å². The van der Waals surface area contributed by atoms with Crippen LogP contribution in [0.3, 0.4) is 0 Å². The van der Waals surface area contributed by atoms with Gasteiger partial charge in [0, 0.05) is 52.2 Å². The Morgan fingerprint density at radius 1 is 1.10 bits per heavy atom. The predicted molar refractivity (Wildman–Crippen MR) is 122 cm³/mol. The molecular weight excluding hydrogens is 376 g/mol. The Morgan fingerprint density at radius 3 is 2.77 bits per heavy atom. The zero-order valence-corrected chi connectivity index (χ0v) is 19.2. The van der Waals surface area contributed by atoms with E-state index in [9.17, 15) is 0 Å². The fraction of sp³-hybridized carbons (Fsp3) is 0.870. The number of nitrogens with one attached hydrogen (secondary N) is 2. The average Bonchev–Trinajstić information content (AvgIpc) is 3.30. The molecule has 0 saturated heterocycles. The highest BCUT2D eigenvalue weighted by Crippen LogP contribution is 2.41. The quantitative estimate of drug-likeness (QED) is 0.327. The Balaban J connectivity index is 1.47. The van der Waals surface area contributed by atoms with Gasteiger partial charge in [0.15, 0.2) is 5.96 Å². The van der Waals surface area contributed by atoms with E-state index in [0.717, 1.165) is 76.9 Å². The predicted octanol–water partition coefficient (Wildman–Crippen LogP) is 3.48. The van der Waals surface area contributed by atoms with E-state index in [-0.39, 0.29) is 0 Å². The number of rotatable bonds is 11. The fourth-order valence-electron chi connectivity index (χ4n) is 4.82. The van der Waals surface area contributed by atoms with Crippen molar-refractivity contribution in [2.45, 2.75) is 91.0 Å². The molecule has 1 aromatic heterocycles. The summed E-state index contributed by atoms with van der Waals surface area (Å²) in [6, 6.07) is 0. The molecule has 0 aromatic carbocycles.